The third-order valence-electron chi connectivity index (χ3n) is 3.02. The van der Waals surface area contributed by atoms with E-state index in [0.717, 1.165) is 4.42 Å². The fourth-order valence-corrected chi connectivity index (χ4v) is 2.01. The van der Waals surface area contributed by atoms with Crippen LogP contribution in [0.4, 0.5) is 4.79 Å². The van der Waals surface area contributed by atoms with Crippen molar-refractivity contribution in [3.63, 3.8) is 0 Å². The Hall–Kier alpha value is -1.33. The number of imide groups is 1. The summed E-state index contributed by atoms with van der Waals surface area (Å²) in [6.45, 7) is 4.14. The fraction of sp³-hybridized carbons (Fsp3) is 0.417. The van der Waals surface area contributed by atoms with Crippen molar-refractivity contribution in [3.8, 4) is 0 Å². The molecule has 1 aromatic rings. The predicted octanol–water partition coefficient (Wildman–Crippen LogP) is -1.83. The molecule has 2 heterocycles. The topological polar surface area (TPSA) is 44.5 Å². The molecule has 0 aromatic carbocycles. The van der Waals surface area contributed by atoms with Crippen molar-refractivity contribution in [2.75, 3.05) is 6.54 Å². The number of carbonyl (C=O) groups excluding carboxylic acids is 2. The largest absolute Gasteiger partial charge is 1.00 e. The molecule has 0 N–H and O–H groups in total. The molecule has 2 rings (SSSR count). The predicted molar refractivity (Wildman–Crippen MR) is 65.5 cm³/mol. The zero-order chi connectivity index (χ0) is 13.3. The summed E-state index contributed by atoms with van der Waals surface area (Å²) in [6, 6.07) is 5.24. The van der Waals surface area contributed by atoms with E-state index >= 15 is 0 Å². The molecule has 0 spiro atoms. The second-order valence-electron chi connectivity index (χ2n) is 4.69. The molecule has 1 saturated heterocycles. The molecule has 1 aromatic heterocycles. The Bertz CT molecular complexity index is 479. The normalized spacial score (nSPS) is 17.6. The first-order valence-electron chi connectivity index (χ1n) is 5.70. The van der Waals surface area contributed by atoms with Crippen LogP contribution in [0, 0.1) is 0 Å². The summed E-state index contributed by atoms with van der Waals surface area (Å²) in [5, 5.41) is 0. The minimum absolute atomic E-state index is 0. The highest BCUT2D eigenvalue weighted by Crippen LogP contribution is 2.28. The maximum atomic E-state index is 12.0. The van der Waals surface area contributed by atoms with Crippen molar-refractivity contribution < 1.29 is 26.6 Å². The fourth-order valence-electron chi connectivity index (χ4n) is 1.84. The van der Waals surface area contributed by atoms with Crippen LogP contribution in [0.25, 0.3) is 0 Å². The molecule has 7 heteroatoms. The molecule has 3 amide bonds. The summed E-state index contributed by atoms with van der Waals surface area (Å²) in [5.74, 6) is -0.265. The molecular weight excluding hydrogens is 289 g/mol. The molecule has 0 radical (unpaired) electrons. The number of hydrogen-bond acceptors (Lipinski definition) is 2. The average molecular weight is 304 g/mol. The minimum Gasteiger partial charge on any atom is -1.00 e. The van der Waals surface area contributed by atoms with Gasteiger partial charge in [-0.3, -0.25) is 9.69 Å². The van der Waals surface area contributed by atoms with Crippen LogP contribution >= 0.6 is 11.8 Å². The Morgan fingerprint density at radius 2 is 1.79 bits per heavy atom. The minimum atomic E-state index is -0.972. The van der Waals surface area contributed by atoms with E-state index in [1.165, 1.54) is 4.90 Å². The highest BCUT2D eigenvalue weighted by molar-refractivity contribution is 6.27. The van der Waals surface area contributed by atoms with E-state index in [2.05, 4.69) is 0 Å². The molecule has 1 aliphatic heterocycles. The van der Waals surface area contributed by atoms with Crippen molar-refractivity contribution in [2.24, 2.45) is 0 Å². The molecule has 0 saturated carbocycles. The summed E-state index contributed by atoms with van der Waals surface area (Å²) in [7, 11) is 0. The summed E-state index contributed by atoms with van der Waals surface area (Å²) in [4.78, 5) is 25.1. The smallest absolute Gasteiger partial charge is 0.342 e. The van der Waals surface area contributed by atoms with Gasteiger partial charge in [-0.25, -0.2) is 13.8 Å². The molecule has 104 valence electrons. The summed E-state index contributed by atoms with van der Waals surface area (Å²) in [6.07, 6.45) is 3.77. The van der Waals surface area contributed by atoms with Gasteiger partial charge in [0.05, 0.1) is 6.54 Å². The van der Waals surface area contributed by atoms with Crippen molar-refractivity contribution in [3.05, 3.63) is 30.6 Å². The van der Waals surface area contributed by atoms with Gasteiger partial charge in [-0.2, -0.15) is 0 Å². The van der Waals surface area contributed by atoms with Gasteiger partial charge in [-0.15, -0.1) is 0 Å². The van der Waals surface area contributed by atoms with Gasteiger partial charge in [0.25, 0.3) is 5.91 Å². The first-order chi connectivity index (χ1) is 8.44. The monoisotopic (exact) mass is 303 g/mol. The van der Waals surface area contributed by atoms with E-state index in [1.54, 1.807) is 13.8 Å². The molecular formula is C12H15Cl2N3O2. The van der Waals surface area contributed by atoms with Crippen LogP contribution in [0.5, 0.6) is 0 Å². The zero-order valence-corrected chi connectivity index (χ0v) is 12.2. The number of amides is 3. The molecule has 5 nitrogen and oxygen atoms in total. The van der Waals surface area contributed by atoms with E-state index in [9.17, 15) is 9.59 Å². The maximum Gasteiger partial charge on any atom is 0.342 e. The van der Waals surface area contributed by atoms with Crippen LogP contribution in [0.2, 0.25) is 0 Å². The van der Waals surface area contributed by atoms with Crippen molar-refractivity contribution in [2.45, 2.75) is 25.9 Å². The number of hydrogen-bond donors (Lipinski definition) is 0. The van der Waals surface area contributed by atoms with Crippen LogP contribution < -0.4 is 17.0 Å². The maximum absolute atomic E-state index is 12.0. The molecule has 19 heavy (non-hydrogen) atoms. The number of aromatic nitrogens is 1. The Morgan fingerprint density at radius 3 is 2.26 bits per heavy atom. The van der Waals surface area contributed by atoms with Crippen LogP contribution in [-0.4, -0.2) is 33.3 Å². The van der Waals surface area contributed by atoms with E-state index in [-0.39, 0.29) is 18.3 Å². The lowest BCUT2D eigenvalue weighted by atomic mass is 10.1. The van der Waals surface area contributed by atoms with Gasteiger partial charge < -0.3 is 12.4 Å². The van der Waals surface area contributed by atoms with Crippen LogP contribution in [0.3, 0.4) is 0 Å². The SMILES string of the molecule is CC1(C)C(=O)N(CC[n+]2ccccc2)C(=O)N1Cl.[Cl-]. The van der Waals surface area contributed by atoms with E-state index in [4.69, 9.17) is 11.8 Å². The Morgan fingerprint density at radius 1 is 1.21 bits per heavy atom. The Labute approximate surface area is 123 Å². The summed E-state index contributed by atoms with van der Waals surface area (Å²) in [5.41, 5.74) is -0.972. The highest BCUT2D eigenvalue weighted by atomic mass is 35.5. The van der Waals surface area contributed by atoms with Gasteiger partial charge in [0.1, 0.15) is 5.54 Å². The molecule has 1 aliphatic rings. The quantitative estimate of drug-likeness (QED) is 0.375. The molecule has 1 fully saturated rings. The van der Waals surface area contributed by atoms with Crippen LogP contribution in [-0.2, 0) is 11.3 Å². The summed E-state index contributed by atoms with van der Waals surface area (Å²) < 4.78 is 2.87. The van der Waals surface area contributed by atoms with E-state index in [1.807, 2.05) is 35.2 Å². The lowest BCUT2D eigenvalue weighted by Gasteiger charge is -2.19. The molecule has 0 bridgehead atoms. The third kappa shape index (κ3) is 2.82. The van der Waals surface area contributed by atoms with Crippen molar-refractivity contribution >= 4 is 23.7 Å². The average Bonchev–Trinajstić information content (AvgIpc) is 2.51. The second-order valence-corrected chi connectivity index (χ2v) is 5.03. The van der Waals surface area contributed by atoms with Gasteiger partial charge in [0.15, 0.2) is 18.9 Å². The lowest BCUT2D eigenvalue weighted by molar-refractivity contribution is -0.695. The molecule has 0 atom stereocenters. The van der Waals surface area contributed by atoms with Crippen LogP contribution in [0.15, 0.2) is 30.6 Å². The second kappa shape index (κ2) is 5.75. The number of pyridine rings is 1. The van der Waals surface area contributed by atoms with Crippen LogP contribution in [0.1, 0.15) is 13.8 Å². The Kier molecular flexibility index (Phi) is 4.76. The van der Waals surface area contributed by atoms with Crippen molar-refractivity contribution in [1.82, 2.24) is 9.32 Å². The zero-order valence-electron chi connectivity index (χ0n) is 10.7. The highest BCUT2D eigenvalue weighted by Gasteiger charge is 2.51. The van der Waals surface area contributed by atoms with Gasteiger partial charge in [0, 0.05) is 23.9 Å². The van der Waals surface area contributed by atoms with Crippen molar-refractivity contribution in [1.29, 1.82) is 0 Å². The van der Waals surface area contributed by atoms with E-state index in [0.29, 0.717) is 13.1 Å². The third-order valence-corrected chi connectivity index (χ3v) is 3.58. The molecule has 0 aliphatic carbocycles. The number of halogens is 2. The van der Waals surface area contributed by atoms with Gasteiger partial charge in [-0.05, 0) is 13.8 Å². The number of nitrogens with zero attached hydrogens (tertiary/aromatic N) is 3. The number of urea groups is 1. The van der Waals surface area contributed by atoms with Gasteiger partial charge in [-0.1, -0.05) is 6.07 Å². The first-order valence-corrected chi connectivity index (χ1v) is 6.04. The number of carbonyl (C=O) groups is 2. The Balaban J connectivity index is 0.00000180. The molecule has 0 unspecified atom stereocenters. The lowest BCUT2D eigenvalue weighted by Crippen LogP contribution is -3.00. The standard InChI is InChI=1S/C12H15ClN3O2.ClH/c1-12(2)10(17)15(11(18)16(12)13)9-8-14-6-4-3-5-7-14;/h3-7H,8-9H2,1-2H3;1H/q+1;/p-1. The van der Waals surface area contributed by atoms with Gasteiger partial charge in [0.2, 0.25) is 0 Å². The first kappa shape index (κ1) is 15.7. The van der Waals surface area contributed by atoms with E-state index < -0.39 is 11.6 Å². The summed E-state index contributed by atoms with van der Waals surface area (Å²) >= 11 is 5.84. The van der Waals surface area contributed by atoms with Gasteiger partial charge >= 0.3 is 6.03 Å². The number of rotatable bonds is 3.